The first-order valence-corrected chi connectivity index (χ1v) is 9.88. The topological polar surface area (TPSA) is 106 Å². The van der Waals surface area contributed by atoms with Crippen molar-refractivity contribution in [2.75, 3.05) is 11.1 Å². The highest BCUT2D eigenvalue weighted by Gasteiger charge is 2.21. The van der Waals surface area contributed by atoms with Crippen molar-refractivity contribution >= 4 is 22.4 Å². The van der Waals surface area contributed by atoms with Crippen LogP contribution in [-0.4, -0.2) is 27.0 Å². The first-order valence-electron chi connectivity index (χ1n) is 9.88. The van der Waals surface area contributed by atoms with Gasteiger partial charge in [-0.1, -0.05) is 13.3 Å². The summed E-state index contributed by atoms with van der Waals surface area (Å²) in [5.41, 5.74) is 17.7. The summed E-state index contributed by atoms with van der Waals surface area (Å²) >= 11 is 0. The van der Waals surface area contributed by atoms with Gasteiger partial charge >= 0.3 is 0 Å². The highest BCUT2D eigenvalue weighted by molar-refractivity contribution is 5.98. The summed E-state index contributed by atoms with van der Waals surface area (Å²) in [7, 11) is 0. The fraction of sp³-hybridized carbons (Fsp3) is 0.429. The molecule has 0 unspecified atom stereocenters. The number of aryl methyl sites for hydroxylation is 1. The quantitative estimate of drug-likeness (QED) is 0.550. The number of H-pyrrole nitrogens is 1. The number of aromatic amines is 1. The van der Waals surface area contributed by atoms with Crippen LogP contribution in [0.1, 0.15) is 44.7 Å². The first kappa shape index (κ1) is 17.8. The van der Waals surface area contributed by atoms with E-state index in [1.54, 1.807) is 6.20 Å². The van der Waals surface area contributed by atoms with E-state index in [-0.39, 0.29) is 0 Å². The van der Waals surface area contributed by atoms with E-state index in [0.717, 1.165) is 66.5 Å². The van der Waals surface area contributed by atoms with Gasteiger partial charge in [0.05, 0.1) is 23.3 Å². The minimum Gasteiger partial charge on any atom is -0.397 e. The van der Waals surface area contributed by atoms with Crippen LogP contribution in [0.5, 0.6) is 0 Å². The number of aromatic nitrogens is 3. The zero-order chi connectivity index (χ0) is 18.8. The van der Waals surface area contributed by atoms with E-state index in [4.69, 9.17) is 11.5 Å². The van der Waals surface area contributed by atoms with Gasteiger partial charge in [-0.15, -0.1) is 0 Å². The third-order valence-electron chi connectivity index (χ3n) is 5.42. The zero-order valence-electron chi connectivity index (χ0n) is 15.8. The van der Waals surface area contributed by atoms with Crippen molar-refractivity contribution in [2.45, 2.75) is 57.5 Å². The van der Waals surface area contributed by atoms with Crippen LogP contribution < -0.4 is 16.8 Å². The molecule has 27 heavy (non-hydrogen) atoms. The molecule has 1 aliphatic rings. The van der Waals surface area contributed by atoms with Crippen molar-refractivity contribution in [1.82, 2.24) is 15.0 Å². The average Bonchev–Trinajstić information content (AvgIpc) is 3.08. The number of nitrogens with two attached hydrogens (primary N) is 2. The summed E-state index contributed by atoms with van der Waals surface area (Å²) in [5.74, 6) is 0. The summed E-state index contributed by atoms with van der Waals surface area (Å²) in [4.78, 5) is 12.6. The minimum atomic E-state index is 0.335. The smallest absolute Gasteiger partial charge is 0.139 e. The molecular formula is C21H28N6. The fourth-order valence-corrected chi connectivity index (χ4v) is 3.92. The van der Waals surface area contributed by atoms with Crippen LogP contribution in [0, 0.1) is 0 Å². The zero-order valence-corrected chi connectivity index (χ0v) is 15.8. The van der Waals surface area contributed by atoms with Crippen LogP contribution in [-0.2, 0) is 6.42 Å². The molecule has 0 amide bonds. The van der Waals surface area contributed by atoms with Gasteiger partial charge in [0.15, 0.2) is 0 Å². The summed E-state index contributed by atoms with van der Waals surface area (Å²) in [6.45, 7) is 2.19. The first-order chi connectivity index (χ1) is 13.1. The van der Waals surface area contributed by atoms with E-state index in [0.29, 0.717) is 17.8 Å². The van der Waals surface area contributed by atoms with Crippen LogP contribution in [0.15, 0.2) is 30.6 Å². The molecule has 0 radical (unpaired) electrons. The average molecular weight is 364 g/mol. The molecular weight excluding hydrogens is 336 g/mol. The lowest BCUT2D eigenvalue weighted by Crippen LogP contribution is -2.33. The Bertz CT molecular complexity index is 906. The Kier molecular flexibility index (Phi) is 4.99. The molecule has 1 saturated carbocycles. The van der Waals surface area contributed by atoms with Crippen molar-refractivity contribution in [3.63, 3.8) is 0 Å². The molecule has 3 aromatic heterocycles. The van der Waals surface area contributed by atoms with E-state index >= 15 is 0 Å². The second-order valence-corrected chi connectivity index (χ2v) is 7.59. The summed E-state index contributed by atoms with van der Waals surface area (Å²) in [6.07, 6.45) is 10.0. The molecule has 1 aliphatic carbocycles. The molecule has 0 atom stereocenters. The summed E-state index contributed by atoms with van der Waals surface area (Å²) in [6, 6.07) is 6.83. The number of nitrogens with one attached hydrogen (secondary N) is 2. The normalized spacial score (nSPS) is 20.1. The van der Waals surface area contributed by atoms with Gasteiger partial charge in [-0.3, -0.25) is 4.98 Å². The van der Waals surface area contributed by atoms with Crippen LogP contribution >= 0.6 is 0 Å². The molecule has 0 bridgehead atoms. The lowest BCUT2D eigenvalue weighted by molar-refractivity contribution is 0.411. The fourth-order valence-electron chi connectivity index (χ4n) is 3.92. The maximum atomic E-state index is 6.09. The lowest BCUT2D eigenvalue weighted by Gasteiger charge is -2.28. The predicted octanol–water partition coefficient (Wildman–Crippen LogP) is 3.84. The summed E-state index contributed by atoms with van der Waals surface area (Å²) < 4.78 is 0. The third-order valence-corrected chi connectivity index (χ3v) is 5.42. The van der Waals surface area contributed by atoms with Crippen molar-refractivity contribution in [2.24, 2.45) is 5.73 Å². The number of fused-ring (bicyclic) bond motifs is 1. The van der Waals surface area contributed by atoms with E-state index in [2.05, 4.69) is 33.3 Å². The third kappa shape index (κ3) is 3.76. The van der Waals surface area contributed by atoms with E-state index in [1.165, 1.54) is 5.69 Å². The number of nitrogen functional groups attached to an aromatic ring is 1. The highest BCUT2D eigenvalue weighted by Crippen LogP contribution is 2.35. The van der Waals surface area contributed by atoms with Gasteiger partial charge in [-0.25, -0.2) is 4.98 Å². The van der Waals surface area contributed by atoms with Crippen molar-refractivity contribution in [3.05, 3.63) is 36.3 Å². The van der Waals surface area contributed by atoms with Gasteiger partial charge in [0.2, 0.25) is 0 Å². The van der Waals surface area contributed by atoms with Crippen molar-refractivity contribution < 1.29 is 0 Å². The molecule has 6 nitrogen and oxygen atoms in total. The molecule has 142 valence electrons. The molecule has 0 spiro atoms. The maximum absolute atomic E-state index is 6.09. The SMILES string of the molecule is CCCc1cc2c(NC3CCC(N)CC3)c(-c3ccc(N)cn3)cnc2[nH]1. The van der Waals surface area contributed by atoms with Crippen LogP contribution in [0.25, 0.3) is 22.3 Å². The summed E-state index contributed by atoms with van der Waals surface area (Å²) in [5, 5.41) is 4.92. The Labute approximate surface area is 159 Å². The molecule has 3 heterocycles. The van der Waals surface area contributed by atoms with Crippen LogP contribution in [0.2, 0.25) is 0 Å². The van der Waals surface area contributed by atoms with Gasteiger partial charge in [0.1, 0.15) is 5.65 Å². The maximum Gasteiger partial charge on any atom is 0.139 e. The Morgan fingerprint density at radius 2 is 1.96 bits per heavy atom. The molecule has 0 aromatic carbocycles. The monoisotopic (exact) mass is 364 g/mol. The van der Waals surface area contributed by atoms with Gasteiger partial charge in [0.25, 0.3) is 0 Å². The van der Waals surface area contributed by atoms with Gasteiger partial charge < -0.3 is 21.8 Å². The second kappa shape index (κ2) is 7.56. The molecule has 0 saturated heterocycles. The molecule has 4 rings (SSSR count). The number of rotatable bonds is 5. The standard InChI is InChI=1S/C21H28N6/c1-2-3-16-10-17-20(26-15-7-4-13(22)5-8-15)18(12-25-21(17)27-16)19-9-6-14(23)11-24-19/h6,9-13,15H,2-5,7-8,22-23H2,1H3,(H2,25,26,27). The minimum absolute atomic E-state index is 0.335. The number of anilines is 2. The molecule has 3 aromatic rings. The molecule has 0 aliphatic heterocycles. The Morgan fingerprint density at radius 1 is 1.15 bits per heavy atom. The lowest BCUT2D eigenvalue weighted by atomic mass is 9.91. The van der Waals surface area contributed by atoms with E-state index in [9.17, 15) is 0 Å². The Morgan fingerprint density at radius 3 is 2.67 bits per heavy atom. The van der Waals surface area contributed by atoms with Gasteiger partial charge in [-0.05, 0) is 50.3 Å². The molecule has 6 N–H and O–H groups in total. The van der Waals surface area contributed by atoms with E-state index < -0.39 is 0 Å². The second-order valence-electron chi connectivity index (χ2n) is 7.59. The number of hydrogen-bond donors (Lipinski definition) is 4. The highest BCUT2D eigenvalue weighted by atomic mass is 15.0. The van der Waals surface area contributed by atoms with E-state index in [1.807, 2.05) is 18.3 Å². The van der Waals surface area contributed by atoms with Gasteiger partial charge in [-0.2, -0.15) is 0 Å². The number of pyridine rings is 2. The van der Waals surface area contributed by atoms with Crippen molar-refractivity contribution in [3.8, 4) is 11.3 Å². The molecule has 6 heteroatoms. The Hall–Kier alpha value is -2.60. The molecule has 1 fully saturated rings. The number of nitrogens with zero attached hydrogens (tertiary/aromatic N) is 2. The Balaban J connectivity index is 1.77. The largest absolute Gasteiger partial charge is 0.397 e. The van der Waals surface area contributed by atoms with Crippen LogP contribution in [0.3, 0.4) is 0 Å². The predicted molar refractivity (Wildman–Crippen MR) is 112 cm³/mol. The van der Waals surface area contributed by atoms with Crippen molar-refractivity contribution in [1.29, 1.82) is 0 Å². The van der Waals surface area contributed by atoms with Gasteiger partial charge in [0, 0.05) is 34.9 Å². The van der Waals surface area contributed by atoms with Crippen LogP contribution in [0.4, 0.5) is 11.4 Å². The number of hydrogen-bond acceptors (Lipinski definition) is 5.